The number of anilines is 1. The smallest absolute Gasteiger partial charge is 0.410 e. The fraction of sp³-hybridized carbons (Fsp3) is 0.458. The van der Waals surface area contributed by atoms with Gasteiger partial charge in [-0.05, 0) is 32.9 Å². The summed E-state index contributed by atoms with van der Waals surface area (Å²) in [4.78, 5) is 25.2. The highest BCUT2D eigenvalue weighted by Gasteiger charge is 2.26. The van der Waals surface area contributed by atoms with E-state index in [1.54, 1.807) is 17.3 Å². The fourth-order valence-electron chi connectivity index (χ4n) is 4.24. The number of hydrogen-bond donors (Lipinski definition) is 0. The third kappa shape index (κ3) is 4.37. The van der Waals surface area contributed by atoms with Crippen molar-refractivity contribution in [2.24, 2.45) is 0 Å². The molecule has 2 aliphatic heterocycles. The van der Waals surface area contributed by atoms with Gasteiger partial charge in [-0.3, -0.25) is 0 Å². The molecule has 0 aromatic carbocycles. The lowest BCUT2D eigenvalue weighted by Gasteiger charge is -2.36. The third-order valence-electron chi connectivity index (χ3n) is 5.93. The van der Waals surface area contributed by atoms with Crippen LogP contribution in [0.4, 0.5) is 15.0 Å². The first kappa shape index (κ1) is 21.6. The van der Waals surface area contributed by atoms with Gasteiger partial charge < -0.3 is 23.7 Å². The molecule has 0 N–H and O–H groups in total. The summed E-state index contributed by atoms with van der Waals surface area (Å²) >= 11 is 0. The summed E-state index contributed by atoms with van der Waals surface area (Å²) in [6.45, 7) is 9.17. The van der Waals surface area contributed by atoms with Crippen LogP contribution in [-0.2, 0) is 22.5 Å². The number of carbonyl (C=O) groups is 1. The standard InChI is InChI=1S/C24H28FN5O3/c1-24(2,3)33-23(31)29-9-7-28(8-10-29)21-5-4-16(13-26-21)17-14-30-20-15-32-11-6-19(20)27-22(30)12-18(17)25/h4-5,12-14H,6-11,15H2,1-3H3. The Morgan fingerprint density at radius 2 is 1.97 bits per heavy atom. The van der Waals surface area contributed by atoms with E-state index in [-0.39, 0.29) is 11.9 Å². The number of ether oxygens (including phenoxy) is 2. The monoisotopic (exact) mass is 453 g/mol. The molecule has 1 saturated heterocycles. The van der Waals surface area contributed by atoms with E-state index in [1.807, 2.05) is 37.3 Å². The van der Waals surface area contributed by atoms with Crippen LogP contribution in [0.25, 0.3) is 16.8 Å². The number of pyridine rings is 2. The number of carbonyl (C=O) groups excluding carboxylic acids is 1. The van der Waals surface area contributed by atoms with E-state index in [2.05, 4.69) is 14.9 Å². The number of amides is 1. The van der Waals surface area contributed by atoms with Crippen LogP contribution in [0.1, 0.15) is 32.2 Å². The molecule has 1 fully saturated rings. The van der Waals surface area contributed by atoms with E-state index < -0.39 is 5.60 Å². The number of imidazole rings is 1. The van der Waals surface area contributed by atoms with Crippen molar-refractivity contribution in [1.82, 2.24) is 19.3 Å². The second-order valence-corrected chi connectivity index (χ2v) is 9.43. The molecule has 33 heavy (non-hydrogen) atoms. The minimum atomic E-state index is -0.507. The Balaban J connectivity index is 1.31. The molecule has 0 spiro atoms. The van der Waals surface area contributed by atoms with Crippen molar-refractivity contribution in [3.8, 4) is 11.1 Å². The summed E-state index contributed by atoms with van der Waals surface area (Å²) < 4.78 is 27.8. The zero-order valence-electron chi connectivity index (χ0n) is 19.2. The normalized spacial score (nSPS) is 16.7. The number of rotatable bonds is 2. The molecule has 5 heterocycles. The van der Waals surface area contributed by atoms with Crippen molar-refractivity contribution in [3.63, 3.8) is 0 Å². The van der Waals surface area contributed by atoms with Crippen molar-refractivity contribution in [1.29, 1.82) is 0 Å². The molecule has 0 bridgehead atoms. The van der Waals surface area contributed by atoms with Crippen LogP contribution in [0.15, 0.2) is 30.6 Å². The minimum Gasteiger partial charge on any atom is -0.444 e. The lowest BCUT2D eigenvalue weighted by Crippen LogP contribution is -2.50. The highest BCUT2D eigenvalue weighted by Crippen LogP contribution is 2.28. The molecule has 0 atom stereocenters. The van der Waals surface area contributed by atoms with Crippen LogP contribution in [0.5, 0.6) is 0 Å². The summed E-state index contributed by atoms with van der Waals surface area (Å²) in [6, 6.07) is 5.25. The van der Waals surface area contributed by atoms with E-state index in [9.17, 15) is 9.18 Å². The van der Waals surface area contributed by atoms with Crippen molar-refractivity contribution in [3.05, 3.63) is 47.8 Å². The largest absolute Gasteiger partial charge is 0.444 e. The van der Waals surface area contributed by atoms with Crippen LogP contribution >= 0.6 is 0 Å². The summed E-state index contributed by atoms with van der Waals surface area (Å²) in [5, 5.41) is 0. The number of piperazine rings is 1. The maximum atomic E-state index is 14.9. The summed E-state index contributed by atoms with van der Waals surface area (Å²) in [7, 11) is 0. The quantitative estimate of drug-likeness (QED) is 0.590. The summed E-state index contributed by atoms with van der Waals surface area (Å²) in [5.41, 5.74) is 3.21. The first-order valence-electron chi connectivity index (χ1n) is 11.2. The average molecular weight is 454 g/mol. The molecule has 3 aromatic rings. The number of fused-ring (bicyclic) bond motifs is 3. The Morgan fingerprint density at radius 1 is 1.18 bits per heavy atom. The molecule has 174 valence electrons. The molecule has 2 aliphatic rings. The van der Waals surface area contributed by atoms with E-state index in [0.29, 0.717) is 56.2 Å². The topological polar surface area (TPSA) is 72.2 Å². The summed E-state index contributed by atoms with van der Waals surface area (Å²) in [5.74, 6) is 0.476. The van der Waals surface area contributed by atoms with Gasteiger partial charge in [0.25, 0.3) is 0 Å². The minimum absolute atomic E-state index is 0.289. The third-order valence-corrected chi connectivity index (χ3v) is 5.93. The number of halogens is 1. The predicted octanol–water partition coefficient (Wildman–Crippen LogP) is 3.67. The molecule has 0 saturated carbocycles. The lowest BCUT2D eigenvalue weighted by molar-refractivity contribution is 0.0240. The van der Waals surface area contributed by atoms with Crippen LogP contribution in [0.3, 0.4) is 0 Å². The maximum absolute atomic E-state index is 14.9. The van der Waals surface area contributed by atoms with Gasteiger partial charge in [0.05, 0.1) is 24.6 Å². The molecule has 3 aromatic heterocycles. The van der Waals surface area contributed by atoms with Crippen molar-refractivity contribution in [2.45, 2.75) is 39.4 Å². The zero-order chi connectivity index (χ0) is 23.2. The molecule has 0 aliphatic carbocycles. The van der Waals surface area contributed by atoms with Gasteiger partial charge in [-0.1, -0.05) is 0 Å². The Morgan fingerprint density at radius 3 is 2.67 bits per heavy atom. The Hall–Kier alpha value is -3.20. The average Bonchev–Trinajstić information content (AvgIpc) is 3.15. The Kier molecular flexibility index (Phi) is 5.44. The van der Waals surface area contributed by atoms with Crippen LogP contribution in [-0.4, -0.2) is 63.7 Å². The molecule has 5 rings (SSSR count). The number of nitrogens with zero attached hydrogens (tertiary/aromatic N) is 5. The second kappa shape index (κ2) is 8.30. The number of hydrogen-bond acceptors (Lipinski definition) is 6. The van der Waals surface area contributed by atoms with Gasteiger partial charge in [0, 0.05) is 62.2 Å². The van der Waals surface area contributed by atoms with Crippen LogP contribution in [0.2, 0.25) is 0 Å². The fourth-order valence-corrected chi connectivity index (χ4v) is 4.24. The van der Waals surface area contributed by atoms with Gasteiger partial charge in [0.1, 0.15) is 22.9 Å². The Labute approximate surface area is 191 Å². The highest BCUT2D eigenvalue weighted by molar-refractivity contribution is 5.69. The van der Waals surface area contributed by atoms with Crippen molar-refractivity contribution in [2.75, 3.05) is 37.7 Å². The van der Waals surface area contributed by atoms with Gasteiger partial charge in [-0.2, -0.15) is 0 Å². The molecule has 9 heteroatoms. The second-order valence-electron chi connectivity index (χ2n) is 9.43. The van der Waals surface area contributed by atoms with E-state index in [1.165, 1.54) is 6.07 Å². The van der Waals surface area contributed by atoms with Gasteiger partial charge in [0.15, 0.2) is 0 Å². The molecule has 0 unspecified atom stereocenters. The molecular formula is C24H28FN5O3. The van der Waals surface area contributed by atoms with Crippen LogP contribution < -0.4 is 4.90 Å². The van der Waals surface area contributed by atoms with Crippen molar-refractivity contribution < 1.29 is 18.7 Å². The first-order chi connectivity index (χ1) is 15.8. The van der Waals surface area contributed by atoms with Gasteiger partial charge in [-0.15, -0.1) is 0 Å². The van der Waals surface area contributed by atoms with E-state index in [4.69, 9.17) is 9.47 Å². The Bertz CT molecular complexity index is 1180. The molecule has 8 nitrogen and oxygen atoms in total. The zero-order valence-corrected chi connectivity index (χ0v) is 19.2. The summed E-state index contributed by atoms with van der Waals surface area (Å²) in [6.07, 6.45) is 3.93. The molecular weight excluding hydrogens is 425 g/mol. The van der Waals surface area contributed by atoms with E-state index >= 15 is 0 Å². The lowest BCUT2D eigenvalue weighted by atomic mass is 10.1. The predicted molar refractivity (Wildman–Crippen MR) is 122 cm³/mol. The van der Waals surface area contributed by atoms with Gasteiger partial charge in [0.2, 0.25) is 0 Å². The van der Waals surface area contributed by atoms with E-state index in [0.717, 1.165) is 23.6 Å². The first-order valence-corrected chi connectivity index (χ1v) is 11.2. The van der Waals surface area contributed by atoms with Gasteiger partial charge in [-0.25, -0.2) is 19.2 Å². The van der Waals surface area contributed by atoms with Gasteiger partial charge >= 0.3 is 6.09 Å². The van der Waals surface area contributed by atoms with Crippen molar-refractivity contribution >= 4 is 17.6 Å². The van der Waals surface area contributed by atoms with Crippen LogP contribution in [0, 0.1) is 5.82 Å². The number of aromatic nitrogens is 3. The molecule has 0 radical (unpaired) electrons. The molecule has 1 amide bonds. The maximum Gasteiger partial charge on any atom is 0.410 e. The SMILES string of the molecule is CC(C)(C)OC(=O)N1CCN(c2ccc(-c3cn4c5c(nc4cc3F)CCOC5)cn2)CC1. The highest BCUT2D eigenvalue weighted by atomic mass is 19.1.